The van der Waals surface area contributed by atoms with Crippen molar-refractivity contribution < 1.29 is 19.1 Å². The molecule has 0 aliphatic carbocycles. The molecule has 1 heterocycles. The largest absolute Gasteiger partial charge is 0.375 e. The number of para-hydroxylation sites is 1. The van der Waals surface area contributed by atoms with Crippen molar-refractivity contribution in [2.24, 2.45) is 0 Å². The number of carbonyl (C=O) groups is 2. The van der Waals surface area contributed by atoms with Gasteiger partial charge >= 0.3 is 0 Å². The average Bonchev–Trinajstić information content (AvgIpc) is 2.97. The van der Waals surface area contributed by atoms with Gasteiger partial charge in [0.05, 0.1) is 12.1 Å². The maximum absolute atomic E-state index is 13.2. The Hall–Kier alpha value is -3.57. The highest BCUT2D eigenvalue weighted by molar-refractivity contribution is 6.10. The summed E-state index contributed by atoms with van der Waals surface area (Å²) < 4.78 is 13.2. The van der Waals surface area contributed by atoms with Crippen molar-refractivity contribution in [3.63, 3.8) is 0 Å². The number of fused-ring (bicyclic) bond motifs is 1. The van der Waals surface area contributed by atoms with Crippen LogP contribution in [0.25, 0.3) is 6.08 Å². The zero-order valence-electron chi connectivity index (χ0n) is 16.2. The SMILES string of the molecule is O=C(C[C@]1(O)C(=O)N(C/C=C/c2ccccc2)c2ccccc21)c1ccc(F)cc1. The van der Waals surface area contributed by atoms with Crippen LogP contribution in [-0.2, 0) is 10.4 Å². The summed E-state index contributed by atoms with van der Waals surface area (Å²) in [6, 6.07) is 21.7. The predicted molar refractivity (Wildman–Crippen MR) is 114 cm³/mol. The van der Waals surface area contributed by atoms with Crippen LogP contribution < -0.4 is 4.90 Å². The summed E-state index contributed by atoms with van der Waals surface area (Å²) in [5.74, 6) is -1.43. The quantitative estimate of drug-likeness (QED) is 0.625. The lowest BCUT2D eigenvalue weighted by Gasteiger charge is -2.22. The molecular formula is C25H20FNO3. The van der Waals surface area contributed by atoms with E-state index in [1.165, 1.54) is 29.2 Å². The van der Waals surface area contributed by atoms with Crippen LogP contribution in [0.5, 0.6) is 0 Å². The number of halogens is 1. The molecule has 1 aliphatic heterocycles. The first-order valence-corrected chi connectivity index (χ1v) is 9.63. The topological polar surface area (TPSA) is 57.6 Å². The number of nitrogens with zero attached hydrogens (tertiary/aromatic N) is 1. The van der Waals surface area contributed by atoms with Gasteiger partial charge in [0.25, 0.3) is 5.91 Å². The smallest absolute Gasteiger partial charge is 0.264 e. The van der Waals surface area contributed by atoms with E-state index in [4.69, 9.17) is 0 Å². The van der Waals surface area contributed by atoms with E-state index in [1.807, 2.05) is 42.5 Å². The van der Waals surface area contributed by atoms with Crippen LogP contribution in [0.15, 0.2) is 84.9 Å². The highest BCUT2D eigenvalue weighted by atomic mass is 19.1. The van der Waals surface area contributed by atoms with Gasteiger partial charge in [-0.1, -0.05) is 60.7 Å². The molecule has 1 N–H and O–H groups in total. The molecule has 1 amide bonds. The number of benzene rings is 3. The third-order valence-electron chi connectivity index (χ3n) is 5.22. The van der Waals surface area contributed by atoms with Crippen molar-refractivity contribution >= 4 is 23.5 Å². The molecule has 0 radical (unpaired) electrons. The Morgan fingerprint density at radius 1 is 0.967 bits per heavy atom. The van der Waals surface area contributed by atoms with Gasteiger partial charge in [-0.2, -0.15) is 0 Å². The van der Waals surface area contributed by atoms with Crippen molar-refractivity contribution in [3.8, 4) is 0 Å². The van der Waals surface area contributed by atoms with E-state index >= 15 is 0 Å². The Morgan fingerprint density at radius 2 is 1.63 bits per heavy atom. The zero-order valence-corrected chi connectivity index (χ0v) is 16.2. The molecule has 4 nitrogen and oxygen atoms in total. The molecule has 0 spiro atoms. The maximum atomic E-state index is 13.2. The fourth-order valence-electron chi connectivity index (χ4n) is 3.69. The number of ketones is 1. The number of aliphatic hydroxyl groups is 1. The standard InChI is InChI=1S/C25H20FNO3/c26-20-14-12-19(13-15-20)23(28)17-25(30)21-10-4-5-11-22(21)27(24(25)29)16-6-9-18-7-2-1-3-8-18/h1-15,30H,16-17H2/b9-6+/t25-/m1/s1. The van der Waals surface area contributed by atoms with Crippen molar-refractivity contribution in [1.82, 2.24) is 0 Å². The highest BCUT2D eigenvalue weighted by Gasteiger charge is 2.50. The molecule has 0 saturated carbocycles. The second-order valence-electron chi connectivity index (χ2n) is 7.21. The molecule has 5 heteroatoms. The molecular weight excluding hydrogens is 381 g/mol. The van der Waals surface area contributed by atoms with Crippen molar-refractivity contribution in [3.05, 3.63) is 107 Å². The average molecular weight is 401 g/mol. The van der Waals surface area contributed by atoms with E-state index in [2.05, 4.69) is 0 Å². The number of hydrogen-bond acceptors (Lipinski definition) is 3. The molecule has 30 heavy (non-hydrogen) atoms. The van der Waals surface area contributed by atoms with Crippen LogP contribution in [0.2, 0.25) is 0 Å². The van der Waals surface area contributed by atoms with Gasteiger partial charge < -0.3 is 10.0 Å². The minimum atomic E-state index is -1.96. The fraction of sp³-hybridized carbons (Fsp3) is 0.120. The normalized spacial score (nSPS) is 18.1. The maximum Gasteiger partial charge on any atom is 0.264 e. The van der Waals surface area contributed by atoms with Crippen molar-refractivity contribution in [2.75, 3.05) is 11.4 Å². The first-order valence-electron chi connectivity index (χ1n) is 9.63. The van der Waals surface area contributed by atoms with E-state index in [-0.39, 0.29) is 12.1 Å². The van der Waals surface area contributed by atoms with Crippen LogP contribution in [0.3, 0.4) is 0 Å². The lowest BCUT2D eigenvalue weighted by atomic mass is 9.88. The zero-order chi connectivity index (χ0) is 21.1. The fourth-order valence-corrected chi connectivity index (χ4v) is 3.69. The Morgan fingerprint density at radius 3 is 2.37 bits per heavy atom. The second-order valence-corrected chi connectivity index (χ2v) is 7.21. The summed E-state index contributed by atoms with van der Waals surface area (Å²) in [5.41, 5.74) is 0.271. The molecule has 3 aromatic rings. The van der Waals surface area contributed by atoms with E-state index < -0.39 is 29.5 Å². The first-order chi connectivity index (χ1) is 14.5. The molecule has 0 fully saturated rings. The molecule has 1 atom stereocenters. The highest BCUT2D eigenvalue weighted by Crippen LogP contribution is 2.42. The monoisotopic (exact) mass is 401 g/mol. The van der Waals surface area contributed by atoms with E-state index in [0.29, 0.717) is 11.3 Å². The van der Waals surface area contributed by atoms with Gasteiger partial charge in [-0.3, -0.25) is 9.59 Å². The molecule has 150 valence electrons. The lowest BCUT2D eigenvalue weighted by molar-refractivity contribution is -0.135. The number of Topliss-reactive ketones (excluding diaryl/α,β-unsaturated/α-hetero) is 1. The Bertz CT molecular complexity index is 1110. The second kappa shape index (κ2) is 8.05. The number of anilines is 1. The number of hydrogen-bond donors (Lipinski definition) is 1. The van der Waals surface area contributed by atoms with Gasteiger partial charge in [0.1, 0.15) is 5.82 Å². The van der Waals surface area contributed by atoms with Gasteiger partial charge in [0, 0.05) is 17.7 Å². The molecule has 4 rings (SSSR count). The molecule has 1 aliphatic rings. The van der Waals surface area contributed by atoms with E-state index in [1.54, 1.807) is 24.3 Å². The molecule has 0 unspecified atom stereocenters. The minimum Gasteiger partial charge on any atom is -0.375 e. The Labute approximate surface area is 173 Å². The molecule has 3 aromatic carbocycles. The third kappa shape index (κ3) is 3.67. The van der Waals surface area contributed by atoms with Crippen molar-refractivity contribution in [2.45, 2.75) is 12.0 Å². The third-order valence-corrected chi connectivity index (χ3v) is 5.22. The van der Waals surface area contributed by atoms with Crippen LogP contribution in [0.4, 0.5) is 10.1 Å². The predicted octanol–water partition coefficient (Wildman–Crippen LogP) is 4.35. The van der Waals surface area contributed by atoms with Gasteiger partial charge in [0.2, 0.25) is 0 Å². The Kier molecular flexibility index (Phi) is 5.29. The molecule has 0 aromatic heterocycles. The van der Waals surface area contributed by atoms with Gasteiger partial charge in [0.15, 0.2) is 11.4 Å². The van der Waals surface area contributed by atoms with Crippen LogP contribution in [-0.4, -0.2) is 23.3 Å². The first kappa shape index (κ1) is 19.7. The molecule has 0 saturated heterocycles. The van der Waals surface area contributed by atoms with Gasteiger partial charge in [-0.15, -0.1) is 0 Å². The van der Waals surface area contributed by atoms with Crippen LogP contribution in [0.1, 0.15) is 27.9 Å². The summed E-state index contributed by atoms with van der Waals surface area (Å²) >= 11 is 0. The van der Waals surface area contributed by atoms with E-state index in [9.17, 15) is 19.1 Å². The number of rotatable bonds is 6. The Balaban J connectivity index is 1.59. The lowest BCUT2D eigenvalue weighted by Crippen LogP contribution is -2.42. The van der Waals surface area contributed by atoms with Crippen molar-refractivity contribution in [1.29, 1.82) is 0 Å². The van der Waals surface area contributed by atoms with Crippen LogP contribution in [0, 0.1) is 5.82 Å². The van der Waals surface area contributed by atoms with Crippen LogP contribution >= 0.6 is 0 Å². The minimum absolute atomic E-state index is 0.248. The summed E-state index contributed by atoms with van der Waals surface area (Å²) in [5, 5.41) is 11.3. The molecule has 0 bridgehead atoms. The summed E-state index contributed by atoms with van der Waals surface area (Å²) in [7, 11) is 0. The number of carbonyl (C=O) groups excluding carboxylic acids is 2. The van der Waals surface area contributed by atoms with E-state index in [0.717, 1.165) is 5.56 Å². The van der Waals surface area contributed by atoms with Gasteiger partial charge in [-0.25, -0.2) is 4.39 Å². The van der Waals surface area contributed by atoms with Gasteiger partial charge in [-0.05, 0) is 35.9 Å². The summed E-state index contributed by atoms with van der Waals surface area (Å²) in [4.78, 5) is 27.4. The summed E-state index contributed by atoms with van der Waals surface area (Å²) in [6.45, 7) is 0.262. The number of amides is 1. The summed E-state index contributed by atoms with van der Waals surface area (Å²) in [6.07, 6.45) is 3.34.